The van der Waals surface area contributed by atoms with Gasteiger partial charge in [-0.1, -0.05) is 24.3 Å². The van der Waals surface area contributed by atoms with E-state index in [-0.39, 0.29) is 17.3 Å². The number of fused-ring (bicyclic) bond motifs is 1. The number of aryl methyl sites for hydroxylation is 1. The predicted octanol–water partition coefficient (Wildman–Crippen LogP) is 2.11. The fourth-order valence-corrected chi connectivity index (χ4v) is 3.01. The lowest BCUT2D eigenvalue weighted by atomic mass is 10.1. The number of ether oxygens (including phenoxy) is 1. The fourth-order valence-electron chi connectivity index (χ4n) is 3.01. The first-order valence-electron chi connectivity index (χ1n) is 8.29. The van der Waals surface area contributed by atoms with Crippen molar-refractivity contribution in [1.29, 1.82) is 0 Å². The Morgan fingerprint density at radius 3 is 2.59 bits per heavy atom. The number of aromatic nitrogens is 2. The number of phenols is 1. The van der Waals surface area contributed by atoms with Gasteiger partial charge in [-0.3, -0.25) is 9.59 Å². The van der Waals surface area contributed by atoms with Gasteiger partial charge in [0.05, 0.1) is 16.5 Å². The van der Waals surface area contributed by atoms with Crippen molar-refractivity contribution in [3.8, 4) is 5.75 Å². The van der Waals surface area contributed by atoms with Gasteiger partial charge in [0.1, 0.15) is 11.6 Å². The molecule has 1 unspecified atom stereocenters. The number of aromatic hydroxyl groups is 1. The van der Waals surface area contributed by atoms with Crippen LogP contribution in [0.1, 0.15) is 24.5 Å². The van der Waals surface area contributed by atoms with Gasteiger partial charge in [-0.05, 0) is 31.2 Å². The Morgan fingerprint density at radius 2 is 1.85 bits per heavy atom. The van der Waals surface area contributed by atoms with Crippen molar-refractivity contribution in [2.75, 3.05) is 0 Å². The van der Waals surface area contributed by atoms with Crippen molar-refractivity contribution in [1.82, 2.24) is 14.6 Å². The maximum atomic E-state index is 12.9. The number of para-hydroxylation sites is 2. The molecule has 136 valence electrons. The topological polar surface area (TPSA) is 97.0 Å². The molecule has 1 aromatic heterocycles. The number of amides is 1. The molecule has 0 aliphatic carbocycles. The number of hydrazone groups is 1. The number of carbonyl (C=O) groups excluding carboxylic acids is 1. The van der Waals surface area contributed by atoms with E-state index in [4.69, 9.17) is 4.74 Å². The molecule has 27 heavy (non-hydrogen) atoms. The summed E-state index contributed by atoms with van der Waals surface area (Å²) in [5.74, 6) is -0.0532. The normalized spacial score (nSPS) is 16.3. The average Bonchev–Trinajstić information content (AvgIpc) is 3.07. The van der Waals surface area contributed by atoms with Crippen LogP contribution in [0.4, 0.5) is 0 Å². The largest absolute Gasteiger partial charge is 0.507 e. The van der Waals surface area contributed by atoms with Crippen LogP contribution in [-0.2, 0) is 9.53 Å². The minimum atomic E-state index is -0.975. The van der Waals surface area contributed by atoms with Gasteiger partial charge in [0.15, 0.2) is 0 Å². The van der Waals surface area contributed by atoms with E-state index in [9.17, 15) is 14.7 Å². The van der Waals surface area contributed by atoms with Crippen molar-refractivity contribution in [3.63, 3.8) is 0 Å². The molecule has 1 amide bonds. The van der Waals surface area contributed by atoms with E-state index in [0.717, 1.165) is 5.01 Å². The monoisotopic (exact) mass is 364 g/mol. The molecule has 0 bridgehead atoms. The van der Waals surface area contributed by atoms with Crippen LogP contribution in [0.25, 0.3) is 10.9 Å². The number of rotatable bonds is 1. The lowest BCUT2D eigenvalue weighted by Crippen LogP contribution is -2.31. The highest BCUT2D eigenvalue weighted by molar-refractivity contribution is 5.86. The molecule has 0 spiro atoms. The lowest BCUT2D eigenvalue weighted by Gasteiger charge is -2.19. The molecule has 0 fully saturated rings. The van der Waals surface area contributed by atoms with Crippen LogP contribution in [-0.4, -0.2) is 31.6 Å². The first-order chi connectivity index (χ1) is 13.0. The van der Waals surface area contributed by atoms with Crippen LogP contribution in [0.2, 0.25) is 0 Å². The third kappa shape index (κ3) is 2.71. The van der Waals surface area contributed by atoms with Gasteiger partial charge < -0.3 is 9.84 Å². The highest BCUT2D eigenvalue weighted by Gasteiger charge is 2.36. The van der Waals surface area contributed by atoms with E-state index < -0.39 is 12.1 Å². The number of benzene rings is 2. The highest BCUT2D eigenvalue weighted by Crippen LogP contribution is 2.33. The second-order valence-electron chi connectivity index (χ2n) is 6.09. The zero-order chi connectivity index (χ0) is 19.1. The predicted molar refractivity (Wildman–Crippen MR) is 98.0 cm³/mol. The van der Waals surface area contributed by atoms with E-state index >= 15 is 0 Å². The van der Waals surface area contributed by atoms with Crippen molar-refractivity contribution in [2.45, 2.75) is 20.1 Å². The summed E-state index contributed by atoms with van der Waals surface area (Å²) < 4.78 is 7.04. The summed E-state index contributed by atoms with van der Waals surface area (Å²) in [5.41, 5.74) is 0.583. The molecule has 8 nitrogen and oxygen atoms in total. The van der Waals surface area contributed by atoms with Gasteiger partial charge in [0.25, 0.3) is 5.56 Å². The molecule has 0 saturated carbocycles. The Morgan fingerprint density at radius 1 is 1.15 bits per heavy atom. The quantitative estimate of drug-likeness (QED) is 0.713. The average molecular weight is 364 g/mol. The third-order valence-corrected chi connectivity index (χ3v) is 4.29. The maximum Gasteiger partial charge on any atom is 0.325 e. The van der Waals surface area contributed by atoms with Crippen LogP contribution >= 0.6 is 0 Å². The van der Waals surface area contributed by atoms with Crippen molar-refractivity contribution < 1.29 is 14.6 Å². The fraction of sp³-hybridized carbons (Fsp3) is 0.158. The summed E-state index contributed by atoms with van der Waals surface area (Å²) in [6.07, 6.45) is -0.975. The number of phenolic OH excluding ortho intramolecular Hbond substituents is 1. The number of nitrogens with zero attached hydrogens (tertiary/aromatic N) is 4. The molecule has 2 aromatic carbocycles. The zero-order valence-electron chi connectivity index (χ0n) is 14.7. The van der Waals surface area contributed by atoms with Crippen molar-refractivity contribution >= 4 is 22.8 Å². The van der Waals surface area contributed by atoms with Gasteiger partial charge >= 0.3 is 6.02 Å². The Hall–Kier alpha value is -3.68. The summed E-state index contributed by atoms with van der Waals surface area (Å²) in [7, 11) is 0. The molecular formula is C19H16N4O4. The summed E-state index contributed by atoms with van der Waals surface area (Å²) in [6, 6.07) is 13.4. The van der Waals surface area contributed by atoms with E-state index in [1.165, 1.54) is 17.6 Å². The minimum Gasteiger partial charge on any atom is -0.507 e. The summed E-state index contributed by atoms with van der Waals surface area (Å²) in [6.45, 7) is 2.99. The first-order valence-corrected chi connectivity index (χ1v) is 8.29. The maximum absolute atomic E-state index is 12.9. The molecule has 1 atom stereocenters. The number of hydrogen-bond donors (Lipinski definition) is 1. The smallest absolute Gasteiger partial charge is 0.325 e. The van der Waals surface area contributed by atoms with Crippen LogP contribution in [0.5, 0.6) is 5.75 Å². The van der Waals surface area contributed by atoms with Crippen LogP contribution in [0, 0.1) is 6.92 Å². The van der Waals surface area contributed by atoms with E-state index in [1.807, 2.05) is 0 Å². The molecule has 0 saturated heterocycles. The molecule has 1 aliphatic heterocycles. The Labute approximate surface area is 153 Å². The molecule has 4 rings (SSSR count). The molecule has 1 N–H and O–H groups in total. The SMILES string of the molecule is CC(=O)N1N=C(n2c(C)nc3ccccc3c2=O)OC1c1ccccc1O. The Balaban J connectivity index is 1.85. The van der Waals surface area contributed by atoms with Gasteiger partial charge in [-0.15, -0.1) is 5.10 Å². The van der Waals surface area contributed by atoms with Gasteiger partial charge in [0, 0.05) is 6.92 Å². The molecule has 0 radical (unpaired) electrons. The van der Waals surface area contributed by atoms with Gasteiger partial charge in [-0.25, -0.2) is 9.55 Å². The summed E-state index contributed by atoms with van der Waals surface area (Å²) in [5, 5.41) is 15.8. The van der Waals surface area contributed by atoms with Crippen LogP contribution in [0.3, 0.4) is 0 Å². The standard InChI is InChI=1S/C19H16N4O4/c1-11-20-15-9-5-3-7-13(15)17(26)22(11)19-21-23(12(2)24)18(27-19)14-8-4-6-10-16(14)25/h3-10,18,25H,1-2H3. The molecule has 1 aliphatic rings. The lowest BCUT2D eigenvalue weighted by molar-refractivity contribution is -0.135. The molecule has 2 heterocycles. The third-order valence-electron chi connectivity index (χ3n) is 4.29. The van der Waals surface area contributed by atoms with Crippen LogP contribution in [0.15, 0.2) is 58.4 Å². The van der Waals surface area contributed by atoms with Crippen LogP contribution < -0.4 is 5.56 Å². The molecule has 3 aromatic rings. The van der Waals surface area contributed by atoms with E-state index in [0.29, 0.717) is 22.3 Å². The van der Waals surface area contributed by atoms with Crippen molar-refractivity contribution in [3.05, 3.63) is 70.3 Å². The Kier molecular flexibility index (Phi) is 3.88. The highest BCUT2D eigenvalue weighted by atomic mass is 16.6. The molecule has 8 heteroatoms. The second-order valence-corrected chi connectivity index (χ2v) is 6.09. The molecular weight excluding hydrogens is 348 g/mol. The van der Waals surface area contributed by atoms with E-state index in [2.05, 4.69) is 10.1 Å². The summed E-state index contributed by atoms with van der Waals surface area (Å²) >= 11 is 0. The van der Waals surface area contributed by atoms with E-state index in [1.54, 1.807) is 49.4 Å². The number of carbonyl (C=O) groups is 1. The first kappa shape index (κ1) is 16.8. The Bertz CT molecular complexity index is 1150. The van der Waals surface area contributed by atoms with Gasteiger partial charge in [0.2, 0.25) is 12.1 Å². The number of hydrogen-bond acceptors (Lipinski definition) is 6. The van der Waals surface area contributed by atoms with Gasteiger partial charge in [-0.2, -0.15) is 5.01 Å². The van der Waals surface area contributed by atoms with Crippen molar-refractivity contribution in [2.24, 2.45) is 5.10 Å². The second kappa shape index (κ2) is 6.24. The summed E-state index contributed by atoms with van der Waals surface area (Å²) in [4.78, 5) is 29.4. The zero-order valence-corrected chi connectivity index (χ0v) is 14.7. The minimum absolute atomic E-state index is 0.0362.